The first-order valence-corrected chi connectivity index (χ1v) is 7.07. The smallest absolute Gasteiger partial charge is 0.239 e. The van der Waals surface area contributed by atoms with E-state index in [0.29, 0.717) is 11.8 Å². The van der Waals surface area contributed by atoms with Crippen molar-refractivity contribution in [2.45, 2.75) is 19.4 Å². The average Bonchev–Trinajstić information content (AvgIpc) is 2.91. The van der Waals surface area contributed by atoms with E-state index in [-0.39, 0.29) is 6.04 Å². The van der Waals surface area contributed by atoms with Crippen molar-refractivity contribution in [1.29, 1.82) is 0 Å². The van der Waals surface area contributed by atoms with E-state index < -0.39 is 0 Å². The highest BCUT2D eigenvalue weighted by Gasteiger charge is 2.14. The van der Waals surface area contributed by atoms with Gasteiger partial charge in [-0.25, -0.2) is 15.8 Å². The Morgan fingerprint density at radius 2 is 2.33 bits per heavy atom. The van der Waals surface area contributed by atoms with E-state index in [4.69, 9.17) is 5.84 Å². The van der Waals surface area contributed by atoms with Crippen molar-refractivity contribution in [1.82, 2.24) is 15.0 Å². The summed E-state index contributed by atoms with van der Waals surface area (Å²) in [5.41, 5.74) is 2.42. The van der Waals surface area contributed by atoms with E-state index in [0.717, 1.165) is 15.9 Å². The largest absolute Gasteiger partial charge is 0.360 e. The summed E-state index contributed by atoms with van der Waals surface area (Å²) in [5, 5.41) is 6.32. The molecule has 18 heavy (non-hydrogen) atoms. The molecule has 2 heterocycles. The molecular formula is C10H13BrN6S. The van der Waals surface area contributed by atoms with Crippen LogP contribution in [0.1, 0.15) is 24.4 Å². The standard InChI is InChI=1S/C10H13BrN6S/c1-2-7(9-13-3-4-18-9)15-8-6(11)5-14-10(16-8)17-12/h3-5,7H,2,12H2,1H3,(H2,14,15,16,17). The summed E-state index contributed by atoms with van der Waals surface area (Å²) in [4.78, 5) is 12.6. The SMILES string of the molecule is CCC(Nc1nc(NN)ncc1Br)c1nccs1. The van der Waals surface area contributed by atoms with Gasteiger partial charge in [0.1, 0.15) is 10.8 Å². The molecule has 0 saturated heterocycles. The van der Waals surface area contributed by atoms with Gasteiger partial charge in [0.15, 0.2) is 0 Å². The molecule has 4 N–H and O–H groups in total. The second-order valence-electron chi connectivity index (χ2n) is 3.51. The van der Waals surface area contributed by atoms with Crippen LogP contribution in [-0.2, 0) is 0 Å². The molecule has 2 aromatic heterocycles. The van der Waals surface area contributed by atoms with Gasteiger partial charge in [0, 0.05) is 17.8 Å². The first kappa shape index (κ1) is 13.2. The van der Waals surface area contributed by atoms with E-state index in [2.05, 4.69) is 48.5 Å². The maximum Gasteiger partial charge on any atom is 0.239 e. The third kappa shape index (κ3) is 2.95. The summed E-state index contributed by atoms with van der Waals surface area (Å²) in [6, 6.07) is 0.127. The van der Waals surface area contributed by atoms with Crippen molar-refractivity contribution in [2.24, 2.45) is 5.84 Å². The molecular weight excluding hydrogens is 316 g/mol. The Hall–Kier alpha value is -1.25. The van der Waals surface area contributed by atoms with Gasteiger partial charge in [0.2, 0.25) is 5.95 Å². The van der Waals surface area contributed by atoms with Crippen molar-refractivity contribution in [3.63, 3.8) is 0 Å². The minimum Gasteiger partial charge on any atom is -0.360 e. The van der Waals surface area contributed by atoms with Crippen LogP contribution in [0.15, 0.2) is 22.2 Å². The first-order chi connectivity index (χ1) is 8.74. The number of nitrogens with two attached hydrogens (primary N) is 1. The van der Waals surface area contributed by atoms with Gasteiger partial charge in [0.25, 0.3) is 0 Å². The number of halogens is 1. The van der Waals surface area contributed by atoms with Crippen LogP contribution in [0.5, 0.6) is 0 Å². The van der Waals surface area contributed by atoms with E-state index in [1.165, 1.54) is 0 Å². The lowest BCUT2D eigenvalue weighted by Gasteiger charge is -2.16. The van der Waals surface area contributed by atoms with E-state index in [9.17, 15) is 0 Å². The number of hydrazine groups is 1. The molecule has 2 rings (SSSR count). The minimum absolute atomic E-state index is 0.127. The topological polar surface area (TPSA) is 88.8 Å². The van der Waals surface area contributed by atoms with Crippen molar-refractivity contribution < 1.29 is 0 Å². The van der Waals surface area contributed by atoms with Gasteiger partial charge in [-0.1, -0.05) is 6.92 Å². The minimum atomic E-state index is 0.127. The van der Waals surface area contributed by atoms with Crippen molar-refractivity contribution in [3.8, 4) is 0 Å². The Bertz CT molecular complexity index is 503. The lowest BCUT2D eigenvalue weighted by Crippen LogP contribution is -2.14. The molecule has 1 unspecified atom stereocenters. The normalized spacial score (nSPS) is 12.2. The third-order valence-corrected chi connectivity index (χ3v) is 3.81. The van der Waals surface area contributed by atoms with Crippen LogP contribution in [0.2, 0.25) is 0 Å². The van der Waals surface area contributed by atoms with Gasteiger partial charge >= 0.3 is 0 Å². The summed E-state index contributed by atoms with van der Waals surface area (Å²) in [6.07, 6.45) is 4.36. The predicted molar refractivity (Wildman–Crippen MR) is 76.3 cm³/mol. The number of rotatable bonds is 5. The number of nitrogens with zero attached hydrogens (tertiary/aromatic N) is 3. The first-order valence-electron chi connectivity index (χ1n) is 5.39. The second kappa shape index (κ2) is 6.07. The maximum atomic E-state index is 5.30. The van der Waals surface area contributed by atoms with Crippen LogP contribution in [0.3, 0.4) is 0 Å². The zero-order valence-electron chi connectivity index (χ0n) is 9.72. The number of hydrogen-bond acceptors (Lipinski definition) is 7. The molecule has 0 aliphatic rings. The summed E-state index contributed by atoms with van der Waals surface area (Å²) in [5.74, 6) is 6.36. The molecule has 0 spiro atoms. The van der Waals surface area contributed by atoms with Crippen molar-refractivity contribution in [3.05, 3.63) is 27.3 Å². The molecule has 0 fully saturated rings. The maximum absolute atomic E-state index is 5.30. The highest BCUT2D eigenvalue weighted by atomic mass is 79.9. The molecule has 0 amide bonds. The number of nitrogens with one attached hydrogen (secondary N) is 2. The number of nitrogen functional groups attached to an aromatic ring is 1. The molecule has 1 atom stereocenters. The summed E-state index contributed by atoms with van der Waals surface area (Å²) in [6.45, 7) is 2.09. The Morgan fingerprint density at radius 1 is 1.50 bits per heavy atom. The Kier molecular flexibility index (Phi) is 4.45. The van der Waals surface area contributed by atoms with Crippen LogP contribution in [-0.4, -0.2) is 15.0 Å². The fourth-order valence-corrected chi connectivity index (χ4v) is 2.53. The van der Waals surface area contributed by atoms with E-state index in [1.54, 1.807) is 23.7 Å². The molecule has 96 valence electrons. The average molecular weight is 329 g/mol. The third-order valence-electron chi connectivity index (χ3n) is 2.34. The lowest BCUT2D eigenvalue weighted by atomic mass is 10.2. The number of thiazole rings is 1. The van der Waals surface area contributed by atoms with Crippen LogP contribution in [0.25, 0.3) is 0 Å². The molecule has 6 nitrogen and oxygen atoms in total. The zero-order valence-corrected chi connectivity index (χ0v) is 12.1. The fourth-order valence-electron chi connectivity index (χ4n) is 1.45. The number of anilines is 2. The number of aromatic nitrogens is 3. The molecule has 0 radical (unpaired) electrons. The number of hydrogen-bond donors (Lipinski definition) is 3. The fraction of sp³-hybridized carbons (Fsp3) is 0.300. The van der Waals surface area contributed by atoms with Gasteiger partial charge in [-0.05, 0) is 22.4 Å². The lowest BCUT2D eigenvalue weighted by molar-refractivity contribution is 0.736. The monoisotopic (exact) mass is 328 g/mol. The van der Waals surface area contributed by atoms with Gasteiger partial charge in [-0.3, -0.25) is 5.43 Å². The zero-order chi connectivity index (χ0) is 13.0. The molecule has 0 aliphatic carbocycles. The van der Waals surface area contributed by atoms with Gasteiger partial charge in [0.05, 0.1) is 10.5 Å². The molecule has 0 saturated carbocycles. The van der Waals surface area contributed by atoms with Crippen LogP contribution < -0.4 is 16.6 Å². The highest BCUT2D eigenvalue weighted by molar-refractivity contribution is 9.10. The van der Waals surface area contributed by atoms with Crippen LogP contribution >= 0.6 is 27.3 Å². The van der Waals surface area contributed by atoms with Gasteiger partial charge < -0.3 is 5.32 Å². The van der Waals surface area contributed by atoms with E-state index in [1.807, 2.05) is 5.38 Å². The second-order valence-corrected chi connectivity index (χ2v) is 5.29. The summed E-state index contributed by atoms with van der Waals surface area (Å²) >= 11 is 5.03. The van der Waals surface area contributed by atoms with E-state index >= 15 is 0 Å². The molecule has 0 bridgehead atoms. The Labute approximate surface area is 117 Å². The van der Waals surface area contributed by atoms with Gasteiger partial charge in [-0.15, -0.1) is 11.3 Å². The quantitative estimate of drug-likeness (QED) is 0.577. The van der Waals surface area contributed by atoms with Gasteiger partial charge in [-0.2, -0.15) is 4.98 Å². The van der Waals surface area contributed by atoms with Crippen LogP contribution in [0.4, 0.5) is 11.8 Å². The summed E-state index contributed by atoms with van der Waals surface area (Å²) in [7, 11) is 0. The summed E-state index contributed by atoms with van der Waals surface area (Å²) < 4.78 is 0.788. The van der Waals surface area contributed by atoms with Crippen LogP contribution in [0, 0.1) is 0 Å². The molecule has 0 aliphatic heterocycles. The predicted octanol–water partition coefficient (Wildman–Crippen LogP) is 2.54. The molecule has 8 heteroatoms. The Balaban J connectivity index is 2.21. The molecule has 0 aromatic carbocycles. The Morgan fingerprint density at radius 3 is 2.94 bits per heavy atom. The molecule has 2 aromatic rings. The highest BCUT2D eigenvalue weighted by Crippen LogP contribution is 2.27. The van der Waals surface area contributed by atoms with Crippen molar-refractivity contribution in [2.75, 3.05) is 10.7 Å². The van der Waals surface area contributed by atoms with Crippen molar-refractivity contribution >= 4 is 39.0 Å².